The van der Waals surface area contributed by atoms with Crippen molar-refractivity contribution in [3.05, 3.63) is 26.8 Å². The summed E-state index contributed by atoms with van der Waals surface area (Å²) in [5.41, 5.74) is 6.48. The summed E-state index contributed by atoms with van der Waals surface area (Å²) in [6, 6.07) is 5.26. The van der Waals surface area contributed by atoms with Crippen molar-refractivity contribution >= 4 is 45.8 Å². The number of rotatable bonds is 4. The summed E-state index contributed by atoms with van der Waals surface area (Å²) in [6.45, 7) is 1.96. The highest BCUT2D eigenvalue weighted by molar-refractivity contribution is 14.1. The standard InChI is InChI=1S/C11H14ClIN2O/c1-2-8(14)6-11(16)15-10-4-3-7(12)5-9(10)13/h3-5,8H,2,6,14H2,1H3,(H,15,16). The second-order valence-electron chi connectivity index (χ2n) is 3.54. The summed E-state index contributed by atoms with van der Waals surface area (Å²) in [4.78, 5) is 11.6. The maximum Gasteiger partial charge on any atom is 0.225 e. The van der Waals surface area contributed by atoms with Crippen molar-refractivity contribution in [2.45, 2.75) is 25.8 Å². The molecule has 88 valence electrons. The smallest absolute Gasteiger partial charge is 0.225 e. The van der Waals surface area contributed by atoms with Gasteiger partial charge in [-0.05, 0) is 47.2 Å². The first-order valence-electron chi connectivity index (χ1n) is 5.03. The van der Waals surface area contributed by atoms with E-state index < -0.39 is 0 Å². The molecule has 1 amide bonds. The van der Waals surface area contributed by atoms with Crippen LogP contribution in [0.3, 0.4) is 0 Å². The molecule has 1 aromatic rings. The topological polar surface area (TPSA) is 55.1 Å². The lowest BCUT2D eigenvalue weighted by Gasteiger charge is -2.10. The van der Waals surface area contributed by atoms with Gasteiger partial charge in [0, 0.05) is 21.1 Å². The minimum absolute atomic E-state index is 0.0606. The van der Waals surface area contributed by atoms with Crippen LogP contribution in [-0.2, 0) is 4.79 Å². The number of anilines is 1. The molecule has 5 heteroatoms. The van der Waals surface area contributed by atoms with Gasteiger partial charge in [0.05, 0.1) is 5.69 Å². The summed E-state index contributed by atoms with van der Waals surface area (Å²) in [7, 11) is 0. The third-order valence-electron chi connectivity index (χ3n) is 2.18. The van der Waals surface area contributed by atoms with E-state index in [-0.39, 0.29) is 11.9 Å². The molecule has 3 nitrogen and oxygen atoms in total. The second-order valence-corrected chi connectivity index (χ2v) is 5.14. The number of halogens is 2. The van der Waals surface area contributed by atoms with Crippen LogP contribution in [0.4, 0.5) is 5.69 Å². The van der Waals surface area contributed by atoms with Gasteiger partial charge < -0.3 is 11.1 Å². The molecule has 0 aliphatic rings. The molecule has 0 spiro atoms. The first-order chi connectivity index (χ1) is 7.52. The third-order valence-corrected chi connectivity index (χ3v) is 3.30. The van der Waals surface area contributed by atoms with Crippen LogP contribution in [0.2, 0.25) is 5.02 Å². The fraction of sp³-hybridized carbons (Fsp3) is 0.364. The number of hydrogen-bond donors (Lipinski definition) is 2. The summed E-state index contributed by atoms with van der Waals surface area (Å²) in [5.74, 6) is -0.0606. The van der Waals surface area contributed by atoms with E-state index in [4.69, 9.17) is 17.3 Å². The molecule has 0 bridgehead atoms. The monoisotopic (exact) mass is 352 g/mol. The fourth-order valence-corrected chi connectivity index (χ4v) is 2.18. The van der Waals surface area contributed by atoms with Gasteiger partial charge >= 0.3 is 0 Å². The Kier molecular flexibility index (Phi) is 5.51. The van der Waals surface area contributed by atoms with Crippen LogP contribution in [-0.4, -0.2) is 11.9 Å². The molecule has 0 saturated heterocycles. The minimum atomic E-state index is -0.0787. The molecular formula is C11H14ClIN2O. The molecule has 0 fully saturated rings. The Balaban J connectivity index is 2.63. The van der Waals surface area contributed by atoms with Gasteiger partial charge in [-0.3, -0.25) is 4.79 Å². The molecule has 0 heterocycles. The van der Waals surface area contributed by atoms with Crippen molar-refractivity contribution in [1.82, 2.24) is 0 Å². The van der Waals surface area contributed by atoms with Crippen LogP contribution < -0.4 is 11.1 Å². The summed E-state index contributed by atoms with van der Waals surface area (Å²) in [6.07, 6.45) is 1.14. The normalized spacial score (nSPS) is 12.2. The zero-order chi connectivity index (χ0) is 12.1. The molecule has 0 aromatic heterocycles. The van der Waals surface area contributed by atoms with Gasteiger partial charge in [0.2, 0.25) is 5.91 Å². The molecule has 1 rings (SSSR count). The Bertz CT molecular complexity index is 384. The van der Waals surface area contributed by atoms with Crippen LogP contribution in [0.25, 0.3) is 0 Å². The molecule has 1 atom stereocenters. The van der Waals surface area contributed by atoms with Crippen molar-refractivity contribution in [3.8, 4) is 0 Å². The van der Waals surface area contributed by atoms with Crippen molar-refractivity contribution in [2.75, 3.05) is 5.32 Å². The predicted octanol–water partition coefficient (Wildman–Crippen LogP) is 3.01. The van der Waals surface area contributed by atoms with Gasteiger partial charge in [0.25, 0.3) is 0 Å². The molecule has 3 N–H and O–H groups in total. The molecule has 0 radical (unpaired) electrons. The second kappa shape index (κ2) is 6.42. The maximum atomic E-state index is 11.6. The lowest BCUT2D eigenvalue weighted by Crippen LogP contribution is -2.26. The van der Waals surface area contributed by atoms with Crippen molar-refractivity contribution in [1.29, 1.82) is 0 Å². The first kappa shape index (κ1) is 13.7. The van der Waals surface area contributed by atoms with Crippen LogP contribution in [0, 0.1) is 3.57 Å². The Morgan fingerprint density at radius 1 is 1.62 bits per heavy atom. The van der Waals surface area contributed by atoms with Gasteiger partial charge in [-0.1, -0.05) is 18.5 Å². The van der Waals surface area contributed by atoms with Gasteiger partial charge in [0.1, 0.15) is 0 Å². The summed E-state index contributed by atoms with van der Waals surface area (Å²) < 4.78 is 0.920. The number of nitrogens with one attached hydrogen (secondary N) is 1. The number of nitrogens with two attached hydrogens (primary N) is 1. The van der Waals surface area contributed by atoms with Crippen LogP contribution in [0.5, 0.6) is 0 Å². The molecule has 1 unspecified atom stereocenters. The number of hydrogen-bond acceptors (Lipinski definition) is 2. The van der Waals surface area contributed by atoms with Gasteiger partial charge in [-0.25, -0.2) is 0 Å². The van der Waals surface area contributed by atoms with Crippen LogP contribution in [0.1, 0.15) is 19.8 Å². The highest BCUT2D eigenvalue weighted by Crippen LogP contribution is 2.22. The van der Waals surface area contributed by atoms with E-state index in [2.05, 4.69) is 27.9 Å². The predicted molar refractivity (Wildman–Crippen MR) is 75.7 cm³/mol. The van der Waals surface area contributed by atoms with E-state index in [0.29, 0.717) is 11.4 Å². The van der Waals surface area contributed by atoms with E-state index in [1.165, 1.54) is 0 Å². The number of carbonyl (C=O) groups excluding carboxylic acids is 1. The van der Waals surface area contributed by atoms with E-state index in [1.807, 2.05) is 6.92 Å². The van der Waals surface area contributed by atoms with Gasteiger partial charge in [0.15, 0.2) is 0 Å². The first-order valence-corrected chi connectivity index (χ1v) is 6.49. The zero-order valence-electron chi connectivity index (χ0n) is 8.97. The Morgan fingerprint density at radius 3 is 2.88 bits per heavy atom. The van der Waals surface area contributed by atoms with Crippen LogP contribution >= 0.6 is 34.2 Å². The van der Waals surface area contributed by atoms with E-state index in [1.54, 1.807) is 18.2 Å². The third kappa shape index (κ3) is 4.27. The molecule has 0 aliphatic heterocycles. The summed E-state index contributed by atoms with van der Waals surface area (Å²) >= 11 is 7.95. The number of amides is 1. The van der Waals surface area contributed by atoms with Gasteiger partial charge in [-0.2, -0.15) is 0 Å². The van der Waals surface area contributed by atoms with Gasteiger partial charge in [-0.15, -0.1) is 0 Å². The molecule has 0 aliphatic carbocycles. The SMILES string of the molecule is CCC(N)CC(=O)Nc1ccc(Cl)cc1I. The van der Waals surface area contributed by atoms with Crippen LogP contribution in [0.15, 0.2) is 18.2 Å². The Labute approximate surface area is 114 Å². The zero-order valence-corrected chi connectivity index (χ0v) is 11.9. The lowest BCUT2D eigenvalue weighted by atomic mass is 10.1. The average Bonchev–Trinajstić information content (AvgIpc) is 2.22. The highest BCUT2D eigenvalue weighted by Gasteiger charge is 2.09. The van der Waals surface area contributed by atoms with E-state index in [0.717, 1.165) is 15.7 Å². The van der Waals surface area contributed by atoms with E-state index in [9.17, 15) is 4.79 Å². The van der Waals surface area contributed by atoms with Crippen molar-refractivity contribution in [2.24, 2.45) is 5.73 Å². The minimum Gasteiger partial charge on any atom is -0.327 e. The maximum absolute atomic E-state index is 11.6. The largest absolute Gasteiger partial charge is 0.327 e. The average molecular weight is 353 g/mol. The number of benzene rings is 1. The highest BCUT2D eigenvalue weighted by atomic mass is 127. The Morgan fingerprint density at radius 2 is 2.31 bits per heavy atom. The molecular weight excluding hydrogens is 338 g/mol. The summed E-state index contributed by atoms with van der Waals surface area (Å²) in [5, 5.41) is 3.48. The van der Waals surface area contributed by atoms with E-state index >= 15 is 0 Å². The Hall–Kier alpha value is -0.330. The van der Waals surface area contributed by atoms with Crippen molar-refractivity contribution in [3.63, 3.8) is 0 Å². The fourth-order valence-electron chi connectivity index (χ4n) is 1.17. The molecule has 0 saturated carbocycles. The lowest BCUT2D eigenvalue weighted by molar-refractivity contribution is -0.116. The molecule has 1 aromatic carbocycles. The van der Waals surface area contributed by atoms with Crippen molar-refractivity contribution < 1.29 is 4.79 Å². The number of carbonyl (C=O) groups is 1. The molecule has 16 heavy (non-hydrogen) atoms. The quantitative estimate of drug-likeness (QED) is 0.819.